The van der Waals surface area contributed by atoms with Gasteiger partial charge in [-0.25, -0.2) is 14.8 Å². The first-order chi connectivity index (χ1) is 16.8. The van der Waals surface area contributed by atoms with Crippen LogP contribution in [0.5, 0.6) is 0 Å². The number of benzene rings is 1. The molecule has 0 spiro atoms. The molecule has 1 aliphatic carbocycles. The summed E-state index contributed by atoms with van der Waals surface area (Å²) in [6.45, 7) is 7.39. The Labute approximate surface area is 200 Å². The molecule has 1 aliphatic heterocycles. The van der Waals surface area contributed by atoms with Crippen LogP contribution < -0.4 is 0 Å². The molecular weight excluding hydrogens is 455 g/mol. The minimum Gasteiger partial charge on any atom is -0.332 e. The maximum atomic E-state index is 13.9. The van der Waals surface area contributed by atoms with Gasteiger partial charge in [0.25, 0.3) is 5.91 Å². The molecule has 1 saturated carbocycles. The van der Waals surface area contributed by atoms with Gasteiger partial charge in [-0.2, -0.15) is 13.2 Å². The lowest BCUT2D eigenvalue weighted by Gasteiger charge is -2.36. The molecule has 3 atom stereocenters. The van der Waals surface area contributed by atoms with Gasteiger partial charge in [0.1, 0.15) is 0 Å². The Morgan fingerprint density at radius 3 is 2.60 bits per heavy atom. The van der Waals surface area contributed by atoms with Gasteiger partial charge in [0.05, 0.1) is 12.1 Å². The fourth-order valence-corrected chi connectivity index (χ4v) is 4.90. The van der Waals surface area contributed by atoms with Crippen molar-refractivity contribution in [1.82, 2.24) is 19.9 Å². The molecule has 3 aromatic rings. The highest BCUT2D eigenvalue weighted by molar-refractivity contribution is 6.01. The summed E-state index contributed by atoms with van der Waals surface area (Å²) >= 11 is 0. The minimum atomic E-state index is -4.42. The molecule has 2 aliphatic rings. The van der Waals surface area contributed by atoms with Gasteiger partial charge in [0.2, 0.25) is 0 Å². The lowest BCUT2D eigenvalue weighted by molar-refractivity contribution is -0.137. The number of amides is 1. The van der Waals surface area contributed by atoms with Crippen molar-refractivity contribution in [3.63, 3.8) is 0 Å². The van der Waals surface area contributed by atoms with Gasteiger partial charge in [-0.05, 0) is 62.3 Å². The molecule has 0 unspecified atom stereocenters. The van der Waals surface area contributed by atoms with Crippen LogP contribution in [0, 0.1) is 12.5 Å². The van der Waals surface area contributed by atoms with E-state index in [0.29, 0.717) is 47.1 Å². The lowest BCUT2D eigenvalue weighted by Crippen LogP contribution is -2.45. The number of alkyl halides is 3. The highest BCUT2D eigenvalue weighted by atomic mass is 19.4. The van der Waals surface area contributed by atoms with Gasteiger partial charge in [0, 0.05) is 47.5 Å². The number of piperidine rings is 1. The van der Waals surface area contributed by atoms with E-state index in [9.17, 15) is 18.0 Å². The fourth-order valence-electron chi connectivity index (χ4n) is 4.90. The molecule has 2 aromatic heterocycles. The summed E-state index contributed by atoms with van der Waals surface area (Å²) in [6, 6.07) is 9.20. The second kappa shape index (κ2) is 9.10. The van der Waals surface area contributed by atoms with E-state index in [4.69, 9.17) is 6.57 Å². The largest absolute Gasteiger partial charge is 0.417 e. The van der Waals surface area contributed by atoms with Crippen LogP contribution in [-0.2, 0) is 12.6 Å². The zero-order chi connectivity index (χ0) is 24.6. The molecular formula is C26H22F3N5O. The van der Waals surface area contributed by atoms with E-state index in [1.54, 1.807) is 36.7 Å². The predicted octanol–water partition coefficient (Wildman–Crippen LogP) is 5.73. The summed E-state index contributed by atoms with van der Waals surface area (Å²) in [5.74, 6) is 0.734. The number of nitrogens with zero attached hydrogens (tertiary/aromatic N) is 5. The first-order valence-electron chi connectivity index (χ1n) is 11.5. The second-order valence-corrected chi connectivity index (χ2v) is 9.00. The third kappa shape index (κ3) is 4.74. The average molecular weight is 477 g/mol. The van der Waals surface area contributed by atoms with Gasteiger partial charge in [-0.3, -0.25) is 9.78 Å². The summed E-state index contributed by atoms with van der Waals surface area (Å²) in [5.41, 5.74) is 1.13. The van der Waals surface area contributed by atoms with Gasteiger partial charge in [-0.15, -0.1) is 0 Å². The minimum absolute atomic E-state index is 0.0588. The summed E-state index contributed by atoms with van der Waals surface area (Å²) < 4.78 is 38.5. The van der Waals surface area contributed by atoms with Gasteiger partial charge >= 0.3 is 6.18 Å². The van der Waals surface area contributed by atoms with E-state index in [0.717, 1.165) is 31.5 Å². The number of likely N-dealkylation sites (tertiary alicyclic amines) is 1. The number of pyridine rings is 1. The first kappa shape index (κ1) is 23.0. The molecule has 5 rings (SSSR count). The molecule has 0 N–H and O–H groups in total. The number of rotatable bonds is 5. The number of aromatic nitrogens is 3. The smallest absolute Gasteiger partial charge is 0.332 e. The van der Waals surface area contributed by atoms with E-state index < -0.39 is 11.7 Å². The van der Waals surface area contributed by atoms with Gasteiger partial charge in [0.15, 0.2) is 11.5 Å². The Morgan fingerprint density at radius 2 is 1.91 bits per heavy atom. The van der Waals surface area contributed by atoms with Gasteiger partial charge in [-0.1, -0.05) is 12.1 Å². The third-order valence-electron chi connectivity index (χ3n) is 6.80. The number of halogens is 3. The van der Waals surface area contributed by atoms with Crippen molar-refractivity contribution in [3.8, 4) is 11.4 Å². The fraction of sp³-hybridized carbons (Fsp3) is 0.346. The Morgan fingerprint density at radius 1 is 1.11 bits per heavy atom. The number of fused-ring (bicyclic) bond motifs is 1. The molecule has 0 radical (unpaired) electrons. The van der Waals surface area contributed by atoms with Crippen molar-refractivity contribution in [2.75, 3.05) is 0 Å². The van der Waals surface area contributed by atoms with Crippen LogP contribution in [0.25, 0.3) is 16.2 Å². The van der Waals surface area contributed by atoms with Crippen LogP contribution in [0.1, 0.15) is 47.3 Å². The summed E-state index contributed by atoms with van der Waals surface area (Å²) in [4.78, 5) is 31.9. The van der Waals surface area contributed by atoms with Crippen molar-refractivity contribution >= 4 is 11.6 Å². The molecule has 6 nitrogen and oxygen atoms in total. The van der Waals surface area contributed by atoms with Crippen molar-refractivity contribution in [2.45, 2.75) is 50.4 Å². The van der Waals surface area contributed by atoms with Crippen LogP contribution in [-0.4, -0.2) is 37.8 Å². The number of hydrogen-bond acceptors (Lipinski definition) is 4. The van der Waals surface area contributed by atoms with Crippen LogP contribution in [0.4, 0.5) is 18.9 Å². The van der Waals surface area contributed by atoms with E-state index in [1.807, 2.05) is 4.90 Å². The Bertz CT molecular complexity index is 1270. The molecule has 3 heterocycles. The molecule has 2 fully saturated rings. The zero-order valence-electron chi connectivity index (χ0n) is 18.7. The highest BCUT2D eigenvalue weighted by Crippen LogP contribution is 2.47. The number of aryl methyl sites for hydroxylation is 1. The van der Waals surface area contributed by atoms with E-state index >= 15 is 0 Å². The van der Waals surface area contributed by atoms with E-state index in [2.05, 4.69) is 19.8 Å². The van der Waals surface area contributed by atoms with Crippen LogP contribution >= 0.6 is 0 Å². The highest BCUT2D eigenvalue weighted by Gasteiger charge is 2.50. The van der Waals surface area contributed by atoms with E-state index in [1.165, 1.54) is 6.07 Å². The normalized spacial score (nSPS) is 21.2. The number of carbonyl (C=O) groups is 1. The topological polar surface area (TPSA) is 63.3 Å². The van der Waals surface area contributed by atoms with Crippen LogP contribution in [0.2, 0.25) is 0 Å². The standard InChI is InChI=1S/C26H22F3N5O/c1-30-19-7-10-21(24-31-11-2-12-32-24)22(14-19)25(35)34-20(8-3-16-13-23(16)34)9-6-18-5-4-17(15-33-18)26(27,28)29/h2,4-5,7,10-12,14-16,20,23H,3,6,8-9,13H2/t16-,20+,23+/m1/s1. The molecule has 9 heteroatoms. The van der Waals surface area contributed by atoms with E-state index in [-0.39, 0.29) is 18.0 Å². The van der Waals surface area contributed by atoms with Crippen molar-refractivity contribution < 1.29 is 18.0 Å². The molecule has 1 aromatic carbocycles. The van der Waals surface area contributed by atoms with Gasteiger partial charge < -0.3 is 4.90 Å². The number of carbonyl (C=O) groups excluding carboxylic acids is 1. The third-order valence-corrected chi connectivity index (χ3v) is 6.80. The van der Waals surface area contributed by atoms with Crippen LogP contribution in [0.15, 0.2) is 55.0 Å². The Kier molecular flexibility index (Phi) is 5.97. The summed E-state index contributed by atoms with van der Waals surface area (Å²) in [7, 11) is 0. The van der Waals surface area contributed by atoms with Crippen molar-refractivity contribution in [2.24, 2.45) is 5.92 Å². The van der Waals surface area contributed by atoms with Crippen molar-refractivity contribution in [3.05, 3.63) is 83.2 Å². The summed E-state index contributed by atoms with van der Waals surface area (Å²) in [6.07, 6.45) is 3.53. The molecule has 35 heavy (non-hydrogen) atoms. The molecule has 1 amide bonds. The summed E-state index contributed by atoms with van der Waals surface area (Å²) in [5, 5.41) is 0. The average Bonchev–Trinajstić information content (AvgIpc) is 3.66. The number of hydrogen-bond donors (Lipinski definition) is 0. The zero-order valence-corrected chi connectivity index (χ0v) is 18.7. The van der Waals surface area contributed by atoms with Crippen molar-refractivity contribution in [1.29, 1.82) is 0 Å². The predicted molar refractivity (Wildman–Crippen MR) is 122 cm³/mol. The second-order valence-electron chi connectivity index (χ2n) is 9.00. The quantitative estimate of drug-likeness (QED) is 0.440. The molecule has 0 bridgehead atoms. The Balaban J connectivity index is 1.40. The maximum Gasteiger partial charge on any atom is 0.417 e. The lowest BCUT2D eigenvalue weighted by atomic mass is 9.95. The first-order valence-corrected chi connectivity index (χ1v) is 11.5. The van der Waals surface area contributed by atoms with Crippen LogP contribution in [0.3, 0.4) is 0 Å². The molecule has 178 valence electrons. The molecule has 1 saturated heterocycles. The monoisotopic (exact) mass is 477 g/mol. The maximum absolute atomic E-state index is 13.9. The SMILES string of the molecule is [C-]#[N+]c1ccc(-c2ncccn2)c(C(=O)N2[C@H](CCc3ccc(C(F)(F)F)cn3)CC[C@@H]3C[C@@H]32)c1. The Hall–Kier alpha value is -3.80.